The van der Waals surface area contributed by atoms with Gasteiger partial charge in [0.15, 0.2) is 0 Å². The van der Waals surface area contributed by atoms with Gasteiger partial charge in [-0.1, -0.05) is 21.6 Å². The summed E-state index contributed by atoms with van der Waals surface area (Å²) in [5.41, 5.74) is 0. The molecule has 0 spiro atoms. The normalized spacial score (nSPS) is 10.3. The number of halogens is 3. The molecular weight excluding hydrogens is 388 g/mol. The van der Waals surface area contributed by atoms with Gasteiger partial charge in [-0.2, -0.15) is 0 Å². The topological polar surface area (TPSA) is 0 Å². The maximum atomic E-state index is 3.50. The molecule has 1 rings (SSSR count). The molecule has 0 fully saturated rings. The first-order valence-corrected chi connectivity index (χ1v) is 7.94. The molecule has 0 unspecified atom stereocenters. The highest BCUT2D eigenvalue weighted by Crippen LogP contribution is 2.39. The average molecular weight is 393 g/mol. The molecule has 66 valence electrons. The van der Waals surface area contributed by atoms with E-state index in [9.17, 15) is 0 Å². The zero-order valence-corrected chi connectivity index (χ0v) is 12.5. The molecule has 0 aliphatic rings. The molecule has 5 heteroatoms. The Kier molecular flexibility index (Phi) is 5.04. The Morgan fingerprint density at radius 2 is 1.58 bits per heavy atom. The molecule has 0 atom stereocenters. The van der Waals surface area contributed by atoms with Crippen molar-refractivity contribution in [2.45, 2.75) is 4.90 Å². The Hall–Kier alpha value is 1.36. The van der Waals surface area contributed by atoms with E-state index in [1.807, 2.05) is 6.07 Å². The molecule has 0 saturated heterocycles. The molecule has 1 aromatic carbocycles. The van der Waals surface area contributed by atoms with E-state index in [-0.39, 0.29) is 0 Å². The molecule has 0 bridgehead atoms. The molecule has 0 aliphatic carbocycles. The second-order valence-electron chi connectivity index (χ2n) is 1.95. The van der Waals surface area contributed by atoms with Gasteiger partial charge in [0.2, 0.25) is 0 Å². The molecule has 12 heavy (non-hydrogen) atoms. The predicted octanol–water partition coefficient (Wildman–Crippen LogP) is 5.34. The van der Waals surface area contributed by atoms with Gasteiger partial charge in [-0.15, -0.1) is 0 Å². The lowest BCUT2D eigenvalue weighted by molar-refractivity contribution is 1.37. The van der Waals surface area contributed by atoms with Crippen LogP contribution in [0.1, 0.15) is 0 Å². The highest BCUT2D eigenvalue weighted by molar-refractivity contribution is 9.13. The van der Waals surface area contributed by atoms with Gasteiger partial charge < -0.3 is 0 Å². The summed E-state index contributed by atoms with van der Waals surface area (Å²) < 4.78 is 3.28. The van der Waals surface area contributed by atoms with Crippen LogP contribution >= 0.6 is 69.4 Å². The summed E-state index contributed by atoms with van der Waals surface area (Å²) in [4.78, 5) is 1.23. The average Bonchev–Trinajstić information content (AvgIpc) is 2.01. The second-order valence-corrected chi connectivity index (χ2v) is 6.95. The minimum atomic E-state index is 1.07. The SMILES string of the molecule is CSSc1cc(Br)c(Br)cc1Br. The summed E-state index contributed by atoms with van der Waals surface area (Å²) in [5.74, 6) is 0. The van der Waals surface area contributed by atoms with Crippen LogP contribution in [0.15, 0.2) is 30.4 Å². The van der Waals surface area contributed by atoms with Crippen molar-refractivity contribution in [3.8, 4) is 0 Å². The van der Waals surface area contributed by atoms with Gasteiger partial charge in [-0.25, -0.2) is 0 Å². The summed E-state index contributed by atoms with van der Waals surface area (Å²) in [6.45, 7) is 0. The third kappa shape index (κ3) is 2.94. The van der Waals surface area contributed by atoms with Gasteiger partial charge in [0.05, 0.1) is 0 Å². The summed E-state index contributed by atoms with van der Waals surface area (Å²) in [7, 11) is 3.48. The number of hydrogen-bond acceptors (Lipinski definition) is 2. The van der Waals surface area contributed by atoms with Crippen LogP contribution in [0.5, 0.6) is 0 Å². The fraction of sp³-hybridized carbons (Fsp3) is 0.143. The standard InChI is InChI=1S/C7H5Br3S2/c1-11-12-7-3-5(9)4(8)2-6(7)10/h2-3H,1H3. The monoisotopic (exact) mass is 390 g/mol. The van der Waals surface area contributed by atoms with Crippen LogP contribution in [0.2, 0.25) is 0 Å². The van der Waals surface area contributed by atoms with Crippen LogP contribution < -0.4 is 0 Å². The van der Waals surface area contributed by atoms with Crippen molar-refractivity contribution in [2.75, 3.05) is 6.26 Å². The quantitative estimate of drug-likeness (QED) is 0.492. The first kappa shape index (κ1) is 11.4. The molecule has 0 aliphatic heterocycles. The fourth-order valence-electron chi connectivity index (χ4n) is 0.658. The molecule has 0 nitrogen and oxygen atoms in total. The maximum Gasteiger partial charge on any atom is 0.0336 e. The van der Waals surface area contributed by atoms with Gasteiger partial charge in [-0.3, -0.25) is 0 Å². The minimum absolute atomic E-state index is 1.07. The van der Waals surface area contributed by atoms with Crippen LogP contribution in [0.3, 0.4) is 0 Å². The van der Waals surface area contributed by atoms with Crippen molar-refractivity contribution in [3.63, 3.8) is 0 Å². The van der Waals surface area contributed by atoms with Crippen molar-refractivity contribution in [2.24, 2.45) is 0 Å². The predicted molar refractivity (Wildman–Crippen MR) is 68.9 cm³/mol. The van der Waals surface area contributed by atoms with E-state index in [1.165, 1.54) is 4.90 Å². The summed E-state index contributed by atoms with van der Waals surface area (Å²) in [6, 6.07) is 4.14. The molecular formula is C7H5Br3S2. The Labute approximate surface area is 105 Å². The first-order valence-electron chi connectivity index (χ1n) is 3.00. The first-order chi connectivity index (χ1) is 5.65. The van der Waals surface area contributed by atoms with Crippen LogP contribution in [0.4, 0.5) is 0 Å². The lowest BCUT2D eigenvalue weighted by Crippen LogP contribution is -1.75. The van der Waals surface area contributed by atoms with Crippen molar-refractivity contribution < 1.29 is 0 Å². The van der Waals surface area contributed by atoms with Crippen LogP contribution in [-0.4, -0.2) is 6.26 Å². The van der Waals surface area contributed by atoms with Gasteiger partial charge in [-0.05, 0) is 66.2 Å². The van der Waals surface area contributed by atoms with Crippen LogP contribution in [0, 0.1) is 0 Å². The third-order valence-electron chi connectivity index (χ3n) is 1.15. The second kappa shape index (κ2) is 5.29. The van der Waals surface area contributed by atoms with Gasteiger partial charge in [0, 0.05) is 18.3 Å². The number of hydrogen-bond donors (Lipinski definition) is 0. The van der Waals surface area contributed by atoms with Gasteiger partial charge in [0.25, 0.3) is 0 Å². The highest BCUT2D eigenvalue weighted by Gasteiger charge is 2.04. The molecule has 0 radical (unpaired) electrons. The van der Waals surface area contributed by atoms with E-state index in [2.05, 4.69) is 60.1 Å². The van der Waals surface area contributed by atoms with E-state index in [1.54, 1.807) is 21.6 Å². The van der Waals surface area contributed by atoms with Gasteiger partial charge in [0.1, 0.15) is 0 Å². The van der Waals surface area contributed by atoms with Crippen molar-refractivity contribution >= 4 is 69.4 Å². The van der Waals surface area contributed by atoms with E-state index in [0.29, 0.717) is 0 Å². The lowest BCUT2D eigenvalue weighted by atomic mass is 10.4. The van der Waals surface area contributed by atoms with Crippen molar-refractivity contribution in [1.82, 2.24) is 0 Å². The largest absolute Gasteiger partial charge is 0.0923 e. The zero-order valence-electron chi connectivity index (χ0n) is 6.11. The van der Waals surface area contributed by atoms with Crippen molar-refractivity contribution in [3.05, 3.63) is 25.6 Å². The Bertz CT molecular complexity index is 288. The summed E-state index contributed by atoms with van der Waals surface area (Å²) >= 11 is 10.4. The minimum Gasteiger partial charge on any atom is -0.0923 e. The smallest absolute Gasteiger partial charge is 0.0336 e. The van der Waals surface area contributed by atoms with E-state index >= 15 is 0 Å². The van der Waals surface area contributed by atoms with Crippen LogP contribution in [0.25, 0.3) is 0 Å². The van der Waals surface area contributed by atoms with E-state index in [0.717, 1.165) is 13.4 Å². The summed E-state index contributed by atoms with van der Waals surface area (Å²) in [5, 5.41) is 0. The number of rotatable bonds is 2. The lowest BCUT2D eigenvalue weighted by Gasteiger charge is -2.03. The Balaban J connectivity index is 3.05. The highest BCUT2D eigenvalue weighted by atomic mass is 79.9. The third-order valence-corrected chi connectivity index (χ3v) is 5.63. The van der Waals surface area contributed by atoms with E-state index in [4.69, 9.17) is 0 Å². The van der Waals surface area contributed by atoms with E-state index < -0.39 is 0 Å². The summed E-state index contributed by atoms with van der Waals surface area (Å²) in [6.07, 6.45) is 2.06. The molecule has 0 aromatic heterocycles. The Morgan fingerprint density at radius 1 is 1.00 bits per heavy atom. The van der Waals surface area contributed by atoms with Gasteiger partial charge >= 0.3 is 0 Å². The molecule has 0 saturated carbocycles. The van der Waals surface area contributed by atoms with Crippen LogP contribution in [-0.2, 0) is 0 Å². The molecule has 1 aromatic rings. The molecule has 0 N–H and O–H groups in total. The number of benzene rings is 1. The fourth-order valence-corrected chi connectivity index (χ4v) is 4.15. The molecule has 0 amide bonds. The molecule has 0 heterocycles. The van der Waals surface area contributed by atoms with Crippen molar-refractivity contribution in [1.29, 1.82) is 0 Å². The maximum absolute atomic E-state index is 3.50. The Morgan fingerprint density at radius 3 is 2.17 bits per heavy atom. The zero-order chi connectivity index (χ0) is 9.14.